The molecule has 22 heavy (non-hydrogen) atoms. The van der Waals surface area contributed by atoms with Crippen LogP contribution in [-0.2, 0) is 17.9 Å². The third kappa shape index (κ3) is 3.03. The van der Waals surface area contributed by atoms with Crippen LogP contribution in [0.5, 0.6) is 0 Å². The van der Waals surface area contributed by atoms with E-state index in [-0.39, 0.29) is 5.91 Å². The molecule has 3 rings (SSSR count). The molecule has 2 heterocycles. The summed E-state index contributed by atoms with van der Waals surface area (Å²) in [5, 5.41) is 4.48. The van der Waals surface area contributed by atoms with Crippen LogP contribution >= 0.6 is 0 Å². The summed E-state index contributed by atoms with van der Waals surface area (Å²) in [5.41, 5.74) is 4.36. The number of rotatable bonds is 5. The van der Waals surface area contributed by atoms with Crippen molar-refractivity contribution in [2.75, 3.05) is 0 Å². The minimum Gasteiger partial charge on any atom is -0.334 e. The van der Waals surface area contributed by atoms with Crippen LogP contribution in [0.4, 0.5) is 0 Å². The van der Waals surface area contributed by atoms with Gasteiger partial charge in [0, 0.05) is 30.7 Å². The minimum absolute atomic E-state index is 0.143. The fraction of sp³-hybridized carbons (Fsp3) is 0.471. The fourth-order valence-corrected chi connectivity index (χ4v) is 2.65. The fourth-order valence-electron chi connectivity index (χ4n) is 2.65. The normalized spacial score (nSPS) is 14.1. The van der Waals surface area contributed by atoms with E-state index in [9.17, 15) is 4.79 Å². The van der Waals surface area contributed by atoms with Crippen molar-refractivity contribution in [3.05, 3.63) is 47.0 Å². The number of hydrogen-bond acceptors (Lipinski definition) is 3. The first kappa shape index (κ1) is 14.8. The van der Waals surface area contributed by atoms with E-state index in [0.717, 1.165) is 29.8 Å². The Labute approximate surface area is 131 Å². The second kappa shape index (κ2) is 5.91. The molecule has 1 amide bonds. The molecule has 0 spiro atoms. The zero-order valence-corrected chi connectivity index (χ0v) is 13.4. The standard InChI is InChI=1S/C17H22N4O/c1-12-13(2)19-21(14(12)3)11-17(22)20(16-4-5-16)10-15-6-8-18-9-7-15/h6-9,16H,4-5,10-11H2,1-3H3. The summed E-state index contributed by atoms with van der Waals surface area (Å²) in [6, 6.07) is 4.32. The summed E-state index contributed by atoms with van der Waals surface area (Å²) < 4.78 is 1.83. The maximum atomic E-state index is 12.7. The Kier molecular flexibility index (Phi) is 3.96. The van der Waals surface area contributed by atoms with Crippen molar-refractivity contribution in [1.29, 1.82) is 0 Å². The highest BCUT2D eigenvalue weighted by Gasteiger charge is 2.32. The van der Waals surface area contributed by atoms with Gasteiger partial charge in [-0.25, -0.2) is 0 Å². The second-order valence-corrected chi connectivity index (χ2v) is 6.06. The van der Waals surface area contributed by atoms with Crippen LogP contribution in [0.25, 0.3) is 0 Å². The van der Waals surface area contributed by atoms with Crippen molar-refractivity contribution >= 4 is 5.91 Å². The zero-order chi connectivity index (χ0) is 15.7. The summed E-state index contributed by atoms with van der Waals surface area (Å²) in [6.07, 6.45) is 5.75. The molecule has 0 aromatic carbocycles. The van der Waals surface area contributed by atoms with Crippen LogP contribution in [0.3, 0.4) is 0 Å². The highest BCUT2D eigenvalue weighted by atomic mass is 16.2. The highest BCUT2D eigenvalue weighted by molar-refractivity contribution is 5.76. The predicted molar refractivity (Wildman–Crippen MR) is 84.2 cm³/mol. The Balaban J connectivity index is 1.74. The van der Waals surface area contributed by atoms with Crippen LogP contribution in [-0.4, -0.2) is 31.6 Å². The molecule has 5 heteroatoms. The number of aryl methyl sites for hydroxylation is 1. The molecule has 0 N–H and O–H groups in total. The van der Waals surface area contributed by atoms with Gasteiger partial charge in [-0.1, -0.05) is 0 Å². The number of carbonyl (C=O) groups is 1. The molecule has 0 saturated heterocycles. The molecule has 0 atom stereocenters. The Bertz CT molecular complexity index is 673. The SMILES string of the molecule is Cc1nn(CC(=O)N(Cc2ccncc2)C2CC2)c(C)c1C. The largest absolute Gasteiger partial charge is 0.334 e. The van der Waals surface area contributed by atoms with Gasteiger partial charge in [0.25, 0.3) is 0 Å². The maximum Gasteiger partial charge on any atom is 0.244 e. The van der Waals surface area contributed by atoms with E-state index in [1.807, 2.05) is 42.5 Å². The van der Waals surface area contributed by atoms with E-state index in [4.69, 9.17) is 0 Å². The van der Waals surface area contributed by atoms with Gasteiger partial charge in [0.15, 0.2) is 0 Å². The minimum atomic E-state index is 0.143. The summed E-state index contributed by atoms with van der Waals surface area (Å²) in [4.78, 5) is 18.7. The molecule has 1 fully saturated rings. The molecule has 0 radical (unpaired) electrons. The smallest absolute Gasteiger partial charge is 0.244 e. The average Bonchev–Trinajstić information content (AvgIpc) is 3.32. The molecule has 5 nitrogen and oxygen atoms in total. The third-order valence-corrected chi connectivity index (χ3v) is 4.44. The maximum absolute atomic E-state index is 12.7. The zero-order valence-electron chi connectivity index (χ0n) is 13.4. The first-order valence-electron chi connectivity index (χ1n) is 7.75. The number of pyridine rings is 1. The highest BCUT2D eigenvalue weighted by Crippen LogP contribution is 2.28. The number of amides is 1. The van der Waals surface area contributed by atoms with Gasteiger partial charge in [0.1, 0.15) is 6.54 Å². The van der Waals surface area contributed by atoms with Crippen molar-refractivity contribution < 1.29 is 4.79 Å². The van der Waals surface area contributed by atoms with Gasteiger partial charge >= 0.3 is 0 Å². The van der Waals surface area contributed by atoms with Gasteiger partial charge in [0.2, 0.25) is 5.91 Å². The lowest BCUT2D eigenvalue weighted by molar-refractivity contribution is -0.133. The van der Waals surface area contributed by atoms with Gasteiger partial charge in [-0.3, -0.25) is 14.5 Å². The third-order valence-electron chi connectivity index (χ3n) is 4.44. The average molecular weight is 298 g/mol. The topological polar surface area (TPSA) is 51.0 Å². The monoisotopic (exact) mass is 298 g/mol. The first-order chi connectivity index (χ1) is 10.6. The Morgan fingerprint density at radius 1 is 1.27 bits per heavy atom. The van der Waals surface area contributed by atoms with Gasteiger partial charge in [-0.15, -0.1) is 0 Å². The molecule has 0 bridgehead atoms. The van der Waals surface area contributed by atoms with Crippen molar-refractivity contribution in [1.82, 2.24) is 19.7 Å². The van der Waals surface area contributed by atoms with Gasteiger partial charge in [0.05, 0.1) is 5.69 Å². The van der Waals surface area contributed by atoms with Crippen LogP contribution < -0.4 is 0 Å². The van der Waals surface area contributed by atoms with Gasteiger partial charge in [-0.05, 0) is 56.9 Å². The molecule has 1 aliphatic carbocycles. The van der Waals surface area contributed by atoms with E-state index < -0.39 is 0 Å². The van der Waals surface area contributed by atoms with E-state index in [1.165, 1.54) is 5.56 Å². The number of carbonyl (C=O) groups excluding carboxylic acids is 1. The molecule has 1 saturated carbocycles. The molecular weight excluding hydrogens is 276 g/mol. The lowest BCUT2D eigenvalue weighted by atomic mass is 10.2. The molecule has 2 aromatic heterocycles. The predicted octanol–water partition coefficient (Wildman–Crippen LogP) is 2.39. The molecular formula is C17H22N4O. The Hall–Kier alpha value is -2.17. The van der Waals surface area contributed by atoms with Crippen molar-refractivity contribution in [3.8, 4) is 0 Å². The Morgan fingerprint density at radius 2 is 1.95 bits per heavy atom. The number of aromatic nitrogens is 3. The van der Waals surface area contributed by atoms with Crippen molar-refractivity contribution in [2.45, 2.75) is 52.7 Å². The summed E-state index contributed by atoms with van der Waals surface area (Å²) >= 11 is 0. The first-order valence-corrected chi connectivity index (χ1v) is 7.75. The summed E-state index contributed by atoms with van der Waals surface area (Å²) in [7, 11) is 0. The number of hydrogen-bond donors (Lipinski definition) is 0. The molecule has 116 valence electrons. The molecule has 0 aliphatic heterocycles. The molecule has 0 unspecified atom stereocenters. The quantitative estimate of drug-likeness (QED) is 0.851. The molecule has 2 aromatic rings. The van der Waals surface area contributed by atoms with E-state index in [1.54, 1.807) is 12.4 Å². The lowest BCUT2D eigenvalue weighted by Crippen LogP contribution is -2.35. The van der Waals surface area contributed by atoms with Crippen molar-refractivity contribution in [2.24, 2.45) is 0 Å². The summed E-state index contributed by atoms with van der Waals surface area (Å²) in [5.74, 6) is 0.143. The van der Waals surface area contributed by atoms with Crippen LogP contribution in [0.1, 0.15) is 35.4 Å². The van der Waals surface area contributed by atoms with Crippen LogP contribution in [0, 0.1) is 20.8 Å². The van der Waals surface area contributed by atoms with Crippen LogP contribution in [0.2, 0.25) is 0 Å². The second-order valence-electron chi connectivity index (χ2n) is 6.06. The Morgan fingerprint density at radius 3 is 2.50 bits per heavy atom. The van der Waals surface area contributed by atoms with Gasteiger partial charge in [-0.2, -0.15) is 5.10 Å². The molecule has 1 aliphatic rings. The lowest BCUT2D eigenvalue weighted by Gasteiger charge is -2.23. The van der Waals surface area contributed by atoms with E-state index >= 15 is 0 Å². The van der Waals surface area contributed by atoms with Crippen molar-refractivity contribution in [3.63, 3.8) is 0 Å². The van der Waals surface area contributed by atoms with E-state index in [2.05, 4.69) is 10.1 Å². The number of nitrogens with zero attached hydrogens (tertiary/aromatic N) is 4. The van der Waals surface area contributed by atoms with Crippen LogP contribution in [0.15, 0.2) is 24.5 Å². The summed E-state index contributed by atoms with van der Waals surface area (Å²) in [6.45, 7) is 7.03. The van der Waals surface area contributed by atoms with E-state index in [0.29, 0.717) is 19.1 Å². The van der Waals surface area contributed by atoms with Gasteiger partial charge < -0.3 is 4.90 Å².